The number of rotatable bonds is 4. The van der Waals surface area contributed by atoms with Gasteiger partial charge >= 0.3 is 0 Å². The summed E-state index contributed by atoms with van der Waals surface area (Å²) in [5, 5.41) is 4.66. The molecule has 0 bridgehead atoms. The highest BCUT2D eigenvalue weighted by Crippen LogP contribution is 2.26. The SMILES string of the molecule is CC=C/C(=C\C)c1cnc2ccn(/N=C\c3c(Cl)ccc(F)c3Cl)c2c1. The Hall–Kier alpha value is -2.43. The van der Waals surface area contributed by atoms with Crippen molar-refractivity contribution in [2.45, 2.75) is 13.8 Å². The number of hydrogen-bond acceptors (Lipinski definition) is 2. The Morgan fingerprint density at radius 3 is 2.77 bits per heavy atom. The Bertz CT molecular complexity index is 1050. The third-order valence-electron chi connectivity index (χ3n) is 3.90. The third-order valence-corrected chi connectivity index (χ3v) is 4.61. The first-order valence-corrected chi connectivity index (χ1v) is 8.75. The third kappa shape index (κ3) is 3.57. The summed E-state index contributed by atoms with van der Waals surface area (Å²) < 4.78 is 15.3. The van der Waals surface area contributed by atoms with Crippen LogP contribution in [0.4, 0.5) is 4.39 Å². The molecule has 0 atom stereocenters. The topological polar surface area (TPSA) is 30.2 Å². The maximum Gasteiger partial charge on any atom is 0.142 e. The van der Waals surface area contributed by atoms with Crippen molar-refractivity contribution >= 4 is 46.0 Å². The second kappa shape index (κ2) is 7.85. The first-order valence-electron chi connectivity index (χ1n) is 7.99. The van der Waals surface area contributed by atoms with Gasteiger partial charge in [-0.1, -0.05) is 41.4 Å². The van der Waals surface area contributed by atoms with Gasteiger partial charge in [-0.2, -0.15) is 5.10 Å². The molecule has 132 valence electrons. The van der Waals surface area contributed by atoms with Gasteiger partial charge in [0, 0.05) is 23.5 Å². The molecule has 26 heavy (non-hydrogen) atoms. The molecule has 0 aliphatic heterocycles. The van der Waals surface area contributed by atoms with Gasteiger partial charge in [0.1, 0.15) is 5.82 Å². The Balaban J connectivity index is 2.05. The van der Waals surface area contributed by atoms with Crippen LogP contribution in [-0.2, 0) is 0 Å². The largest absolute Gasteiger partial charge is 0.254 e. The fraction of sp³-hybridized carbons (Fsp3) is 0.100. The zero-order chi connectivity index (χ0) is 18.7. The molecular weight excluding hydrogens is 372 g/mol. The highest BCUT2D eigenvalue weighted by atomic mass is 35.5. The minimum absolute atomic E-state index is 0.0548. The molecule has 0 aliphatic rings. The second-order valence-electron chi connectivity index (χ2n) is 5.53. The summed E-state index contributed by atoms with van der Waals surface area (Å²) in [6.45, 7) is 3.94. The summed E-state index contributed by atoms with van der Waals surface area (Å²) in [6.07, 6.45) is 11.1. The standard InChI is InChI=1S/C20H16Cl2FN3/c1-3-5-13(4-2)14-10-19-18(24-11-14)8-9-26(19)25-12-15-16(21)6-7-17(23)20(15)22/h3-12H,1-2H3/b5-3?,13-4+,25-12-. The molecule has 3 nitrogen and oxygen atoms in total. The number of nitrogens with zero attached hydrogens (tertiary/aromatic N) is 3. The fourth-order valence-corrected chi connectivity index (χ4v) is 3.04. The molecule has 0 saturated carbocycles. The summed E-state index contributed by atoms with van der Waals surface area (Å²) in [5.41, 5.74) is 4.01. The van der Waals surface area contributed by atoms with E-state index >= 15 is 0 Å². The van der Waals surface area contributed by atoms with Crippen LogP contribution in [-0.4, -0.2) is 15.9 Å². The van der Waals surface area contributed by atoms with Gasteiger partial charge in [0.05, 0.1) is 27.3 Å². The van der Waals surface area contributed by atoms with E-state index in [1.807, 2.05) is 50.4 Å². The number of halogens is 3. The van der Waals surface area contributed by atoms with Crippen LogP contribution in [0.1, 0.15) is 25.0 Å². The molecule has 0 aliphatic carbocycles. The molecule has 0 unspecified atom stereocenters. The van der Waals surface area contributed by atoms with E-state index in [9.17, 15) is 4.39 Å². The highest BCUT2D eigenvalue weighted by Gasteiger charge is 2.09. The van der Waals surface area contributed by atoms with Gasteiger partial charge < -0.3 is 0 Å². The van der Waals surface area contributed by atoms with E-state index in [0.29, 0.717) is 10.6 Å². The second-order valence-corrected chi connectivity index (χ2v) is 6.32. The van der Waals surface area contributed by atoms with Crippen LogP contribution >= 0.6 is 23.2 Å². The van der Waals surface area contributed by atoms with Crippen LogP contribution in [0.3, 0.4) is 0 Å². The van der Waals surface area contributed by atoms with E-state index in [-0.39, 0.29) is 5.02 Å². The van der Waals surface area contributed by atoms with E-state index in [1.54, 1.807) is 10.9 Å². The number of benzene rings is 1. The van der Waals surface area contributed by atoms with Crippen molar-refractivity contribution in [2.24, 2.45) is 5.10 Å². The van der Waals surface area contributed by atoms with Gasteiger partial charge in [-0.15, -0.1) is 0 Å². The lowest BCUT2D eigenvalue weighted by Gasteiger charge is -2.05. The van der Waals surface area contributed by atoms with Crippen molar-refractivity contribution in [3.05, 3.63) is 81.9 Å². The molecule has 2 aromatic heterocycles. The van der Waals surface area contributed by atoms with Gasteiger partial charge in [-0.25, -0.2) is 9.07 Å². The number of aromatic nitrogens is 2. The average molecular weight is 388 g/mol. The van der Waals surface area contributed by atoms with Crippen LogP contribution in [0.25, 0.3) is 16.6 Å². The van der Waals surface area contributed by atoms with Gasteiger partial charge in [0.25, 0.3) is 0 Å². The monoisotopic (exact) mass is 387 g/mol. The Labute approximate surface area is 161 Å². The van der Waals surface area contributed by atoms with Gasteiger partial charge in [0.15, 0.2) is 0 Å². The Morgan fingerprint density at radius 2 is 2.04 bits per heavy atom. The maximum atomic E-state index is 13.6. The molecule has 0 amide bonds. The fourth-order valence-electron chi connectivity index (χ4n) is 2.58. The molecule has 1 aromatic carbocycles. The highest BCUT2D eigenvalue weighted by molar-refractivity contribution is 6.38. The molecule has 0 fully saturated rings. The summed E-state index contributed by atoms with van der Waals surface area (Å²) in [4.78, 5) is 4.48. The summed E-state index contributed by atoms with van der Waals surface area (Å²) >= 11 is 12.1. The lowest BCUT2D eigenvalue weighted by atomic mass is 10.1. The van der Waals surface area contributed by atoms with Crippen molar-refractivity contribution in [3.63, 3.8) is 0 Å². The minimum Gasteiger partial charge on any atom is -0.254 e. The molecule has 0 radical (unpaired) electrons. The minimum atomic E-state index is -0.539. The predicted molar refractivity (Wildman–Crippen MR) is 108 cm³/mol. The predicted octanol–water partition coefficient (Wildman–Crippen LogP) is 6.34. The summed E-state index contributed by atoms with van der Waals surface area (Å²) in [5.74, 6) is -0.539. The first kappa shape index (κ1) is 18.4. The Morgan fingerprint density at radius 1 is 1.23 bits per heavy atom. The van der Waals surface area contributed by atoms with Crippen molar-refractivity contribution < 1.29 is 4.39 Å². The zero-order valence-electron chi connectivity index (χ0n) is 14.2. The normalized spacial score (nSPS) is 12.7. The molecule has 2 heterocycles. The molecule has 0 saturated heterocycles. The summed E-state index contributed by atoms with van der Waals surface area (Å²) in [7, 11) is 0. The van der Waals surface area contributed by atoms with E-state index in [0.717, 1.165) is 22.2 Å². The smallest absolute Gasteiger partial charge is 0.142 e. The molecule has 0 spiro atoms. The van der Waals surface area contributed by atoms with Crippen molar-refractivity contribution in [1.29, 1.82) is 0 Å². The molecule has 0 N–H and O–H groups in total. The molecular formula is C20H16Cl2FN3. The zero-order valence-corrected chi connectivity index (χ0v) is 15.8. The lowest BCUT2D eigenvalue weighted by molar-refractivity contribution is 0.628. The quantitative estimate of drug-likeness (QED) is 0.291. The summed E-state index contributed by atoms with van der Waals surface area (Å²) in [6, 6.07) is 6.54. The van der Waals surface area contributed by atoms with E-state index in [2.05, 4.69) is 10.1 Å². The van der Waals surface area contributed by atoms with Crippen molar-refractivity contribution in [1.82, 2.24) is 9.66 Å². The molecule has 3 aromatic rings. The number of allylic oxidation sites excluding steroid dienone is 4. The van der Waals surface area contributed by atoms with E-state index < -0.39 is 5.82 Å². The van der Waals surface area contributed by atoms with Crippen LogP contribution in [0.15, 0.2) is 60.0 Å². The van der Waals surface area contributed by atoms with Gasteiger partial charge in [-0.05, 0) is 43.7 Å². The van der Waals surface area contributed by atoms with Crippen LogP contribution in [0.2, 0.25) is 10.0 Å². The van der Waals surface area contributed by atoms with Gasteiger partial charge in [-0.3, -0.25) is 4.98 Å². The Kier molecular flexibility index (Phi) is 5.55. The number of hydrogen-bond donors (Lipinski definition) is 0. The van der Waals surface area contributed by atoms with Gasteiger partial charge in [0.2, 0.25) is 0 Å². The van der Waals surface area contributed by atoms with Crippen LogP contribution in [0.5, 0.6) is 0 Å². The van der Waals surface area contributed by atoms with Crippen LogP contribution in [0, 0.1) is 5.82 Å². The molecule has 6 heteroatoms. The molecule has 3 rings (SSSR count). The number of fused-ring (bicyclic) bond motifs is 1. The maximum absolute atomic E-state index is 13.6. The number of pyridine rings is 1. The lowest BCUT2D eigenvalue weighted by Crippen LogP contribution is -1.94. The average Bonchev–Trinajstić information content (AvgIpc) is 3.05. The van der Waals surface area contributed by atoms with Crippen LogP contribution < -0.4 is 0 Å². The van der Waals surface area contributed by atoms with E-state index in [4.69, 9.17) is 23.2 Å². The van der Waals surface area contributed by atoms with Crippen molar-refractivity contribution in [3.8, 4) is 0 Å². The first-order chi connectivity index (χ1) is 12.5. The van der Waals surface area contributed by atoms with Crippen molar-refractivity contribution in [2.75, 3.05) is 0 Å². The van der Waals surface area contributed by atoms with E-state index in [1.165, 1.54) is 18.3 Å².